The number of carbonyl (C=O) groups is 4. The molecule has 2 aromatic rings. The van der Waals surface area contributed by atoms with Crippen LogP contribution < -0.4 is 15.7 Å². The Hall–Kier alpha value is -4.13. The highest BCUT2D eigenvalue weighted by atomic mass is 19.4. The van der Waals surface area contributed by atoms with E-state index in [0.29, 0.717) is 10.5 Å². The van der Waals surface area contributed by atoms with Crippen molar-refractivity contribution < 1.29 is 42.3 Å². The lowest BCUT2D eigenvalue weighted by Crippen LogP contribution is -2.58. The van der Waals surface area contributed by atoms with Crippen LogP contribution in [-0.4, -0.2) is 40.6 Å². The maximum Gasteiger partial charge on any atom is 0.427 e. The molecule has 184 valence electrons. The van der Waals surface area contributed by atoms with Crippen molar-refractivity contribution in [2.75, 3.05) is 11.4 Å². The maximum absolute atomic E-state index is 13.3. The molecule has 2 aromatic carbocycles. The summed E-state index contributed by atoms with van der Waals surface area (Å²) in [6.07, 6.45) is -5.94. The molecule has 0 spiro atoms. The molecule has 2 aliphatic heterocycles. The number of nitrogens with one attached hydrogen (secondary N) is 2. The Morgan fingerprint density at radius 2 is 1.83 bits per heavy atom. The lowest BCUT2D eigenvalue weighted by Gasteiger charge is -2.37. The topological polar surface area (TPSA) is 128 Å². The third-order valence-electron chi connectivity index (χ3n) is 5.84. The van der Waals surface area contributed by atoms with E-state index in [1.165, 1.54) is 25.1 Å². The monoisotopic (exact) mass is 492 g/mol. The van der Waals surface area contributed by atoms with Gasteiger partial charge in [-0.1, -0.05) is 24.3 Å². The Balaban J connectivity index is 1.64. The van der Waals surface area contributed by atoms with Crippen LogP contribution in [0.5, 0.6) is 0 Å². The van der Waals surface area contributed by atoms with Gasteiger partial charge in [0.2, 0.25) is 5.91 Å². The molecule has 4 rings (SSSR count). The second kappa shape index (κ2) is 8.91. The fourth-order valence-corrected chi connectivity index (χ4v) is 3.93. The van der Waals surface area contributed by atoms with Gasteiger partial charge < -0.3 is 9.94 Å². The minimum atomic E-state index is -4.63. The molecule has 0 radical (unpaired) electrons. The van der Waals surface area contributed by atoms with E-state index in [-0.39, 0.29) is 16.8 Å². The Morgan fingerprint density at radius 1 is 1.14 bits per heavy atom. The number of benzene rings is 2. The van der Waals surface area contributed by atoms with Crippen LogP contribution in [0.3, 0.4) is 0 Å². The summed E-state index contributed by atoms with van der Waals surface area (Å²) in [6, 6.07) is 8.62. The van der Waals surface area contributed by atoms with Crippen molar-refractivity contribution in [1.29, 1.82) is 0 Å². The van der Waals surface area contributed by atoms with Gasteiger partial charge >= 0.3 is 24.3 Å². The molecule has 0 saturated carbocycles. The van der Waals surface area contributed by atoms with Crippen LogP contribution in [0.1, 0.15) is 28.4 Å². The Kier molecular flexibility index (Phi) is 6.11. The van der Waals surface area contributed by atoms with Crippen molar-refractivity contribution in [3.05, 3.63) is 64.7 Å². The summed E-state index contributed by atoms with van der Waals surface area (Å²) < 4.78 is 39.9. The zero-order chi connectivity index (χ0) is 25.5. The number of carbonyl (C=O) groups excluding carboxylic acids is 3. The molecule has 2 unspecified atom stereocenters. The number of amides is 4. The number of hydrogen-bond donors (Lipinski definition) is 3. The van der Waals surface area contributed by atoms with Crippen molar-refractivity contribution in [1.82, 2.24) is 15.7 Å². The lowest BCUT2D eigenvalue weighted by molar-refractivity contribution is -0.150. The van der Waals surface area contributed by atoms with E-state index in [4.69, 9.17) is 0 Å². The van der Waals surface area contributed by atoms with Gasteiger partial charge in [0.1, 0.15) is 6.17 Å². The van der Waals surface area contributed by atoms with Gasteiger partial charge in [-0.05, 0) is 41.8 Å². The zero-order valence-electron chi connectivity index (χ0n) is 18.1. The molecular formula is C22H19F3N4O6. The van der Waals surface area contributed by atoms with Crippen molar-refractivity contribution in [3.63, 3.8) is 0 Å². The summed E-state index contributed by atoms with van der Waals surface area (Å²) in [6.45, 7) is 0.245. The normalized spacial score (nSPS) is 20.6. The number of anilines is 1. The Labute approximate surface area is 196 Å². The van der Waals surface area contributed by atoms with Crippen LogP contribution in [0.15, 0.2) is 42.5 Å². The summed E-state index contributed by atoms with van der Waals surface area (Å²) in [4.78, 5) is 55.3. The van der Waals surface area contributed by atoms with E-state index in [1.54, 1.807) is 12.1 Å². The van der Waals surface area contributed by atoms with Crippen LogP contribution >= 0.6 is 0 Å². The second-order valence-corrected chi connectivity index (χ2v) is 7.97. The van der Waals surface area contributed by atoms with Gasteiger partial charge in [0.25, 0.3) is 0 Å². The molecule has 2 saturated heterocycles. The fourth-order valence-electron chi connectivity index (χ4n) is 3.93. The maximum atomic E-state index is 13.3. The number of halogens is 3. The Morgan fingerprint density at radius 3 is 2.40 bits per heavy atom. The van der Waals surface area contributed by atoms with Crippen molar-refractivity contribution >= 4 is 29.7 Å². The van der Waals surface area contributed by atoms with Gasteiger partial charge in [-0.15, -0.1) is 5.48 Å². The molecule has 3 N–H and O–H groups in total. The smallest absolute Gasteiger partial charge is 0.427 e. The lowest BCUT2D eigenvalue weighted by atomic mass is 9.99. The van der Waals surface area contributed by atoms with Crippen molar-refractivity contribution in [3.8, 4) is 0 Å². The molecule has 10 nitrogen and oxygen atoms in total. The molecule has 35 heavy (non-hydrogen) atoms. The highest BCUT2D eigenvalue weighted by Crippen LogP contribution is 2.34. The third kappa shape index (κ3) is 4.62. The summed E-state index contributed by atoms with van der Waals surface area (Å²) in [5.74, 6) is -4.09. The number of nitrogens with zero attached hydrogens (tertiary/aromatic N) is 2. The summed E-state index contributed by atoms with van der Waals surface area (Å²) >= 11 is 0. The standard InChI is InChI=1S/C22H19F3N4O6/c1-11-13(3-2-4-16(11)22(23,24)25)9-29-18(30)15(19(31)32)10-28(21(29)34)14-7-5-12(6-8-14)17-26-20(33)35-27-17/h2-8,15,17,27H,9-10H2,1H3,(H,26,33)(H,31,32). The van der Waals surface area contributed by atoms with Crippen LogP contribution in [-0.2, 0) is 27.1 Å². The number of rotatable bonds is 5. The van der Waals surface area contributed by atoms with E-state index in [0.717, 1.165) is 17.0 Å². The highest BCUT2D eigenvalue weighted by Gasteiger charge is 2.44. The number of urea groups is 1. The second-order valence-electron chi connectivity index (χ2n) is 7.97. The average molecular weight is 492 g/mol. The summed E-state index contributed by atoms with van der Waals surface area (Å²) in [7, 11) is 0. The van der Waals surface area contributed by atoms with E-state index < -0.39 is 60.9 Å². The van der Waals surface area contributed by atoms with Gasteiger partial charge in [0.15, 0.2) is 5.92 Å². The first-order chi connectivity index (χ1) is 16.5. The quantitative estimate of drug-likeness (QED) is 0.548. The molecule has 2 heterocycles. The number of hydrogen-bond acceptors (Lipinski definition) is 6. The molecule has 0 aliphatic carbocycles. The highest BCUT2D eigenvalue weighted by molar-refractivity contribution is 6.12. The molecule has 2 atom stereocenters. The number of imide groups is 1. The molecule has 13 heteroatoms. The number of aliphatic carboxylic acids is 1. The van der Waals surface area contributed by atoms with E-state index in [2.05, 4.69) is 15.6 Å². The first kappa shape index (κ1) is 24.0. The summed E-state index contributed by atoms with van der Waals surface area (Å²) in [5.41, 5.74) is 2.28. The number of hydroxylamine groups is 1. The predicted octanol–water partition coefficient (Wildman–Crippen LogP) is 2.93. The summed E-state index contributed by atoms with van der Waals surface area (Å²) in [5, 5.41) is 12.1. The largest absolute Gasteiger partial charge is 0.481 e. The predicted molar refractivity (Wildman–Crippen MR) is 113 cm³/mol. The van der Waals surface area contributed by atoms with Crippen LogP contribution in [0.25, 0.3) is 0 Å². The molecule has 0 aromatic heterocycles. The first-order valence-electron chi connectivity index (χ1n) is 10.3. The van der Waals surface area contributed by atoms with E-state index >= 15 is 0 Å². The van der Waals surface area contributed by atoms with E-state index in [9.17, 15) is 37.5 Å². The minimum Gasteiger partial charge on any atom is -0.481 e. The minimum absolute atomic E-state index is 0.0610. The van der Waals surface area contributed by atoms with Crippen molar-refractivity contribution in [2.45, 2.75) is 25.8 Å². The van der Waals surface area contributed by atoms with Crippen molar-refractivity contribution in [2.24, 2.45) is 5.92 Å². The third-order valence-corrected chi connectivity index (χ3v) is 5.84. The number of carboxylic acid groups (broad SMARTS) is 1. The molecule has 2 fully saturated rings. The number of alkyl halides is 3. The van der Waals surface area contributed by atoms with Gasteiger partial charge in [-0.2, -0.15) is 13.2 Å². The Bertz CT molecular complexity index is 1200. The SMILES string of the molecule is Cc1c(CN2C(=O)C(C(=O)O)CN(c3ccc(C4NOC(=O)N4)cc3)C2=O)cccc1C(F)(F)F. The van der Waals surface area contributed by atoms with Crippen LogP contribution in [0.4, 0.5) is 28.4 Å². The van der Waals surface area contributed by atoms with Gasteiger partial charge in [-0.3, -0.25) is 24.7 Å². The van der Waals surface area contributed by atoms with Gasteiger partial charge in [0, 0.05) is 12.2 Å². The zero-order valence-corrected chi connectivity index (χ0v) is 18.1. The van der Waals surface area contributed by atoms with Gasteiger partial charge in [-0.25, -0.2) is 9.59 Å². The van der Waals surface area contributed by atoms with Crippen LogP contribution in [0.2, 0.25) is 0 Å². The average Bonchev–Trinajstić information content (AvgIpc) is 3.23. The number of carboxylic acids is 1. The fraction of sp³-hybridized carbons (Fsp3) is 0.273. The molecule has 4 amide bonds. The molecule has 2 aliphatic rings. The molecule has 0 bridgehead atoms. The van der Waals surface area contributed by atoms with Gasteiger partial charge in [0.05, 0.1) is 12.1 Å². The first-order valence-corrected chi connectivity index (χ1v) is 10.3. The molecular weight excluding hydrogens is 473 g/mol. The van der Waals surface area contributed by atoms with Crippen LogP contribution in [0, 0.1) is 12.8 Å². The van der Waals surface area contributed by atoms with E-state index in [1.807, 2.05) is 0 Å².